The standard InChI is InChI=1S/C21H21ClN4O3S2/c22-16-5-3-15(4-6-16)19-13-23-21(25-19)30-14-20(27)24-17-7-9-18(10-8-17)31(28,29)26-11-1-2-12-26/h3-10,13H,1-2,11-12,14H2,(H,23,25)(H,24,27). The number of aromatic nitrogens is 2. The Morgan fingerprint density at radius 1 is 1.10 bits per heavy atom. The lowest BCUT2D eigenvalue weighted by molar-refractivity contribution is -0.113. The molecule has 1 fully saturated rings. The number of benzene rings is 2. The second kappa shape index (κ2) is 9.44. The van der Waals surface area contributed by atoms with Crippen LogP contribution < -0.4 is 5.32 Å². The summed E-state index contributed by atoms with van der Waals surface area (Å²) in [6.07, 6.45) is 3.49. The summed E-state index contributed by atoms with van der Waals surface area (Å²) in [4.78, 5) is 20.0. The molecule has 1 amide bonds. The van der Waals surface area contributed by atoms with Gasteiger partial charge in [0.05, 0.1) is 22.5 Å². The maximum absolute atomic E-state index is 12.6. The van der Waals surface area contributed by atoms with Gasteiger partial charge in [-0.1, -0.05) is 35.5 Å². The largest absolute Gasteiger partial charge is 0.333 e. The molecule has 0 aliphatic carbocycles. The highest BCUT2D eigenvalue weighted by molar-refractivity contribution is 7.99. The quantitative estimate of drug-likeness (QED) is 0.497. The Labute approximate surface area is 190 Å². The van der Waals surface area contributed by atoms with Crippen molar-refractivity contribution >= 4 is 45.0 Å². The highest BCUT2D eigenvalue weighted by Crippen LogP contribution is 2.24. The van der Waals surface area contributed by atoms with Gasteiger partial charge in [-0.15, -0.1) is 0 Å². The van der Waals surface area contributed by atoms with E-state index < -0.39 is 10.0 Å². The van der Waals surface area contributed by atoms with Crippen molar-refractivity contribution in [3.8, 4) is 11.3 Å². The molecule has 0 atom stereocenters. The van der Waals surface area contributed by atoms with Crippen molar-refractivity contribution in [2.24, 2.45) is 0 Å². The predicted molar refractivity (Wildman–Crippen MR) is 123 cm³/mol. The van der Waals surface area contributed by atoms with Crippen molar-refractivity contribution < 1.29 is 13.2 Å². The molecule has 1 saturated heterocycles. The van der Waals surface area contributed by atoms with Crippen LogP contribution in [0.25, 0.3) is 11.3 Å². The van der Waals surface area contributed by atoms with Gasteiger partial charge in [0.25, 0.3) is 0 Å². The molecule has 4 rings (SSSR count). The summed E-state index contributed by atoms with van der Waals surface area (Å²) in [5.74, 6) is -0.0360. The zero-order valence-electron chi connectivity index (χ0n) is 16.5. The molecule has 0 unspecified atom stereocenters. The van der Waals surface area contributed by atoms with Gasteiger partial charge in [0.1, 0.15) is 0 Å². The van der Waals surface area contributed by atoms with E-state index in [4.69, 9.17) is 11.6 Å². The molecular formula is C21H21ClN4O3S2. The van der Waals surface area contributed by atoms with Crippen molar-refractivity contribution in [1.29, 1.82) is 0 Å². The Morgan fingerprint density at radius 2 is 1.77 bits per heavy atom. The lowest BCUT2D eigenvalue weighted by Crippen LogP contribution is -2.27. The molecule has 162 valence electrons. The van der Waals surface area contributed by atoms with Crippen LogP contribution in [0.5, 0.6) is 0 Å². The first-order valence-corrected chi connectivity index (χ1v) is 12.6. The van der Waals surface area contributed by atoms with E-state index in [9.17, 15) is 13.2 Å². The Kier molecular flexibility index (Phi) is 6.66. The normalized spacial score (nSPS) is 14.6. The second-order valence-corrected chi connectivity index (χ2v) is 10.4. The Morgan fingerprint density at radius 3 is 2.45 bits per heavy atom. The molecule has 1 aliphatic heterocycles. The number of thioether (sulfide) groups is 1. The fourth-order valence-electron chi connectivity index (χ4n) is 3.27. The molecule has 3 aromatic rings. The number of amides is 1. The predicted octanol–water partition coefficient (Wildman–Crippen LogP) is 4.25. The molecule has 2 aromatic carbocycles. The summed E-state index contributed by atoms with van der Waals surface area (Å²) in [7, 11) is -3.46. The highest BCUT2D eigenvalue weighted by Gasteiger charge is 2.26. The van der Waals surface area contributed by atoms with Gasteiger partial charge in [-0.25, -0.2) is 13.4 Å². The maximum Gasteiger partial charge on any atom is 0.243 e. The number of hydrogen-bond acceptors (Lipinski definition) is 5. The lowest BCUT2D eigenvalue weighted by Gasteiger charge is -2.15. The number of imidazole rings is 1. The number of nitrogens with one attached hydrogen (secondary N) is 2. The number of rotatable bonds is 7. The first-order valence-electron chi connectivity index (χ1n) is 9.76. The summed E-state index contributed by atoms with van der Waals surface area (Å²) in [5.41, 5.74) is 2.35. The first-order chi connectivity index (χ1) is 14.9. The van der Waals surface area contributed by atoms with Gasteiger partial charge in [-0.05, 0) is 54.8 Å². The van der Waals surface area contributed by atoms with Crippen molar-refractivity contribution in [2.75, 3.05) is 24.2 Å². The molecule has 0 spiro atoms. The number of hydrogen-bond donors (Lipinski definition) is 2. The number of halogens is 1. The van der Waals surface area contributed by atoms with Gasteiger partial charge in [0, 0.05) is 23.8 Å². The minimum Gasteiger partial charge on any atom is -0.333 e. The number of nitrogens with zero attached hydrogens (tertiary/aromatic N) is 2. The Bertz CT molecular complexity index is 1160. The van der Waals surface area contributed by atoms with Gasteiger partial charge < -0.3 is 10.3 Å². The topological polar surface area (TPSA) is 95.2 Å². The monoisotopic (exact) mass is 476 g/mol. The summed E-state index contributed by atoms with van der Waals surface area (Å²) in [5, 5.41) is 4.08. The van der Waals surface area contributed by atoms with E-state index in [1.165, 1.54) is 28.2 Å². The van der Waals surface area contributed by atoms with Crippen LogP contribution in [-0.4, -0.2) is 47.4 Å². The number of sulfonamides is 1. The van der Waals surface area contributed by atoms with Gasteiger partial charge in [0.15, 0.2) is 5.16 Å². The minimum absolute atomic E-state index is 0.168. The number of carbonyl (C=O) groups excluding carboxylic acids is 1. The van der Waals surface area contributed by atoms with E-state index in [-0.39, 0.29) is 16.6 Å². The van der Waals surface area contributed by atoms with Crippen LogP contribution in [0.15, 0.2) is 64.8 Å². The number of anilines is 1. The summed E-state index contributed by atoms with van der Waals surface area (Å²) in [6, 6.07) is 13.7. The minimum atomic E-state index is -3.46. The fraction of sp³-hybridized carbons (Fsp3) is 0.238. The van der Waals surface area contributed by atoms with E-state index in [2.05, 4.69) is 15.3 Å². The average molecular weight is 477 g/mol. The summed E-state index contributed by atoms with van der Waals surface area (Å²) >= 11 is 7.19. The van der Waals surface area contributed by atoms with E-state index >= 15 is 0 Å². The molecule has 2 heterocycles. The zero-order chi connectivity index (χ0) is 21.8. The first kappa shape index (κ1) is 21.9. The zero-order valence-corrected chi connectivity index (χ0v) is 18.9. The molecule has 10 heteroatoms. The molecular weight excluding hydrogens is 456 g/mol. The van der Waals surface area contributed by atoms with E-state index in [1.54, 1.807) is 30.5 Å². The van der Waals surface area contributed by atoms with E-state index in [0.717, 1.165) is 24.1 Å². The third kappa shape index (κ3) is 5.30. The maximum atomic E-state index is 12.6. The summed E-state index contributed by atoms with van der Waals surface area (Å²) < 4.78 is 26.6. The number of aromatic amines is 1. The van der Waals surface area contributed by atoms with Gasteiger partial charge >= 0.3 is 0 Å². The molecule has 1 aromatic heterocycles. The molecule has 2 N–H and O–H groups in total. The van der Waals surface area contributed by atoms with Crippen molar-refractivity contribution in [3.05, 3.63) is 59.8 Å². The van der Waals surface area contributed by atoms with Crippen LogP contribution in [-0.2, 0) is 14.8 Å². The highest BCUT2D eigenvalue weighted by atomic mass is 35.5. The van der Waals surface area contributed by atoms with Gasteiger partial charge in [-0.3, -0.25) is 4.79 Å². The molecule has 0 radical (unpaired) electrons. The van der Waals surface area contributed by atoms with Crippen LogP contribution in [0, 0.1) is 0 Å². The smallest absolute Gasteiger partial charge is 0.243 e. The van der Waals surface area contributed by atoms with E-state index in [1.807, 2.05) is 12.1 Å². The van der Waals surface area contributed by atoms with Crippen LogP contribution in [0.4, 0.5) is 5.69 Å². The van der Waals surface area contributed by atoms with Crippen molar-refractivity contribution in [1.82, 2.24) is 14.3 Å². The van der Waals surface area contributed by atoms with Gasteiger partial charge in [-0.2, -0.15) is 4.31 Å². The molecule has 0 bridgehead atoms. The molecule has 1 aliphatic rings. The fourth-order valence-corrected chi connectivity index (χ4v) is 5.56. The number of carbonyl (C=O) groups is 1. The van der Waals surface area contributed by atoms with Gasteiger partial charge in [0.2, 0.25) is 15.9 Å². The summed E-state index contributed by atoms with van der Waals surface area (Å²) in [6.45, 7) is 1.12. The second-order valence-electron chi connectivity index (χ2n) is 7.08. The van der Waals surface area contributed by atoms with Crippen LogP contribution in [0.1, 0.15) is 12.8 Å². The third-order valence-electron chi connectivity index (χ3n) is 4.89. The Balaban J connectivity index is 1.31. The van der Waals surface area contributed by atoms with Crippen molar-refractivity contribution in [3.63, 3.8) is 0 Å². The molecule has 0 saturated carbocycles. The SMILES string of the molecule is O=C(CSc1ncc(-c2ccc(Cl)cc2)[nH]1)Nc1ccc(S(=O)(=O)N2CCCC2)cc1. The number of H-pyrrole nitrogens is 1. The van der Waals surface area contributed by atoms with Crippen molar-refractivity contribution in [2.45, 2.75) is 22.9 Å². The lowest BCUT2D eigenvalue weighted by atomic mass is 10.2. The van der Waals surface area contributed by atoms with Crippen LogP contribution >= 0.6 is 23.4 Å². The average Bonchev–Trinajstić information content (AvgIpc) is 3.46. The Hall–Kier alpha value is -2.33. The van der Waals surface area contributed by atoms with Crippen LogP contribution in [0.2, 0.25) is 5.02 Å². The molecule has 31 heavy (non-hydrogen) atoms. The third-order valence-corrected chi connectivity index (χ3v) is 7.94. The van der Waals surface area contributed by atoms with E-state index in [0.29, 0.717) is 29.0 Å². The molecule has 7 nitrogen and oxygen atoms in total. The van der Waals surface area contributed by atoms with Crippen LogP contribution in [0.3, 0.4) is 0 Å².